The summed E-state index contributed by atoms with van der Waals surface area (Å²) in [5, 5.41) is 2.66. The lowest BCUT2D eigenvalue weighted by molar-refractivity contribution is 0.102. The molecule has 0 fully saturated rings. The number of para-hydroxylation sites is 2. The van der Waals surface area contributed by atoms with E-state index in [1.54, 1.807) is 24.3 Å². The van der Waals surface area contributed by atoms with Crippen molar-refractivity contribution in [1.29, 1.82) is 0 Å². The van der Waals surface area contributed by atoms with Gasteiger partial charge in [0.15, 0.2) is 0 Å². The summed E-state index contributed by atoms with van der Waals surface area (Å²) in [7, 11) is 0. The highest BCUT2D eigenvalue weighted by atomic mass is 16.1. The number of nitrogens with zero attached hydrogens (tertiary/aromatic N) is 2. The van der Waals surface area contributed by atoms with Crippen molar-refractivity contribution in [3.63, 3.8) is 0 Å². The van der Waals surface area contributed by atoms with Gasteiger partial charge in [-0.2, -0.15) is 9.98 Å². The first kappa shape index (κ1) is 14.1. The zero-order valence-electron chi connectivity index (χ0n) is 10.7. The van der Waals surface area contributed by atoms with Gasteiger partial charge in [-0.05, 0) is 24.3 Å². The van der Waals surface area contributed by atoms with Gasteiger partial charge in [-0.1, -0.05) is 24.3 Å². The molecular weight excluding hydrogens is 270 g/mol. The third-order valence-corrected chi connectivity index (χ3v) is 2.61. The number of aliphatic imine (C=N–C) groups is 2. The summed E-state index contributed by atoms with van der Waals surface area (Å²) in [6.07, 6.45) is 2.70. The molecule has 102 valence electrons. The molecule has 0 saturated carbocycles. The molecule has 0 aromatic heterocycles. The maximum absolute atomic E-state index is 12.2. The molecule has 2 rings (SSSR count). The van der Waals surface area contributed by atoms with Crippen LogP contribution in [0, 0.1) is 0 Å². The highest BCUT2D eigenvalue weighted by Crippen LogP contribution is 2.31. The molecule has 0 bridgehead atoms. The Balaban J connectivity index is 2.43. The number of carbonyl (C=O) groups excluding carboxylic acids is 3. The first-order chi connectivity index (χ1) is 10.3. The molecule has 0 atom stereocenters. The Morgan fingerprint density at radius 3 is 2.29 bits per heavy atom. The van der Waals surface area contributed by atoms with Crippen LogP contribution in [0.2, 0.25) is 0 Å². The molecule has 0 aliphatic heterocycles. The summed E-state index contributed by atoms with van der Waals surface area (Å²) in [5.74, 6) is -0.474. The average molecular weight is 279 g/mol. The van der Waals surface area contributed by atoms with Gasteiger partial charge in [-0.3, -0.25) is 4.79 Å². The van der Waals surface area contributed by atoms with Gasteiger partial charge in [0, 0.05) is 5.69 Å². The van der Waals surface area contributed by atoms with Crippen molar-refractivity contribution in [2.24, 2.45) is 9.98 Å². The lowest BCUT2D eigenvalue weighted by Crippen LogP contribution is -2.11. The molecule has 0 aliphatic carbocycles. The lowest BCUT2D eigenvalue weighted by atomic mass is 10.1. The normalized spacial score (nSPS) is 9.14. The number of carbonyl (C=O) groups is 1. The fourth-order valence-electron chi connectivity index (χ4n) is 1.74. The number of rotatable bonds is 4. The van der Waals surface area contributed by atoms with Crippen molar-refractivity contribution in [2.45, 2.75) is 0 Å². The van der Waals surface area contributed by atoms with E-state index < -0.39 is 5.91 Å². The molecule has 6 heteroatoms. The predicted molar refractivity (Wildman–Crippen MR) is 76.4 cm³/mol. The maximum Gasteiger partial charge on any atom is 0.257 e. The largest absolute Gasteiger partial charge is 0.322 e. The van der Waals surface area contributed by atoms with E-state index in [1.165, 1.54) is 30.4 Å². The highest BCUT2D eigenvalue weighted by molar-refractivity contribution is 6.09. The summed E-state index contributed by atoms with van der Waals surface area (Å²) < 4.78 is 0. The van der Waals surface area contributed by atoms with Gasteiger partial charge in [-0.25, -0.2) is 9.59 Å². The number of nitrogens with one attached hydrogen (secondary N) is 1. The van der Waals surface area contributed by atoms with E-state index in [4.69, 9.17) is 0 Å². The quantitative estimate of drug-likeness (QED) is 0.689. The third kappa shape index (κ3) is 3.36. The Morgan fingerprint density at radius 2 is 1.62 bits per heavy atom. The minimum absolute atomic E-state index is 0.0238. The SMILES string of the molecule is O=C=Nc1cccc(C(=O)Nc2ccccc2)c1N=C=O. The number of anilines is 1. The van der Waals surface area contributed by atoms with Crippen molar-refractivity contribution in [3.05, 3.63) is 54.1 Å². The smallest absolute Gasteiger partial charge is 0.257 e. The number of benzene rings is 2. The van der Waals surface area contributed by atoms with Gasteiger partial charge in [0.05, 0.1) is 5.56 Å². The Hall–Kier alpha value is -3.33. The van der Waals surface area contributed by atoms with Gasteiger partial charge in [0.1, 0.15) is 11.4 Å². The summed E-state index contributed by atoms with van der Waals surface area (Å²) in [5.41, 5.74) is 0.755. The molecule has 0 radical (unpaired) electrons. The summed E-state index contributed by atoms with van der Waals surface area (Å²) in [6.45, 7) is 0. The van der Waals surface area contributed by atoms with Crippen molar-refractivity contribution >= 4 is 35.1 Å². The van der Waals surface area contributed by atoms with Gasteiger partial charge in [0.2, 0.25) is 12.2 Å². The Labute approximate surface area is 119 Å². The molecule has 0 heterocycles. The minimum atomic E-state index is -0.474. The highest BCUT2D eigenvalue weighted by Gasteiger charge is 2.15. The Bertz CT molecular complexity index is 759. The van der Waals surface area contributed by atoms with Crippen LogP contribution in [0.1, 0.15) is 10.4 Å². The van der Waals surface area contributed by atoms with Crippen molar-refractivity contribution in [3.8, 4) is 0 Å². The summed E-state index contributed by atoms with van der Waals surface area (Å²) >= 11 is 0. The number of hydrogen-bond donors (Lipinski definition) is 1. The van der Waals surface area contributed by atoms with Crippen LogP contribution >= 0.6 is 0 Å². The third-order valence-electron chi connectivity index (χ3n) is 2.61. The van der Waals surface area contributed by atoms with E-state index in [2.05, 4.69) is 15.3 Å². The fraction of sp³-hybridized carbons (Fsp3) is 0. The van der Waals surface area contributed by atoms with E-state index in [9.17, 15) is 14.4 Å². The number of isocyanates is 2. The zero-order chi connectivity index (χ0) is 15.1. The molecule has 1 N–H and O–H groups in total. The average Bonchev–Trinajstić information content (AvgIpc) is 2.50. The van der Waals surface area contributed by atoms with Gasteiger partial charge >= 0.3 is 0 Å². The second kappa shape index (κ2) is 6.73. The molecule has 0 unspecified atom stereocenters. The Kier molecular flexibility index (Phi) is 4.51. The van der Waals surface area contributed by atoms with Gasteiger partial charge in [0.25, 0.3) is 5.91 Å². The molecule has 21 heavy (non-hydrogen) atoms. The molecule has 0 aliphatic rings. The molecule has 1 amide bonds. The zero-order valence-corrected chi connectivity index (χ0v) is 10.7. The van der Waals surface area contributed by atoms with Crippen LogP contribution in [-0.4, -0.2) is 18.1 Å². The second-order valence-electron chi connectivity index (χ2n) is 3.90. The molecule has 6 nitrogen and oxygen atoms in total. The molecular formula is C15H9N3O3. The van der Waals surface area contributed by atoms with Gasteiger partial charge in [-0.15, -0.1) is 0 Å². The van der Waals surface area contributed by atoms with E-state index in [1.807, 2.05) is 6.07 Å². The standard InChI is InChI=1S/C15H9N3O3/c19-9-16-13-8-4-7-12(14(13)17-10-20)15(21)18-11-5-2-1-3-6-11/h1-8H,(H,18,21). The number of amides is 1. The van der Waals surface area contributed by atoms with Crippen molar-refractivity contribution < 1.29 is 14.4 Å². The fourth-order valence-corrected chi connectivity index (χ4v) is 1.74. The van der Waals surface area contributed by atoms with Crippen LogP contribution in [0.25, 0.3) is 0 Å². The first-order valence-electron chi connectivity index (χ1n) is 5.91. The van der Waals surface area contributed by atoms with E-state index in [0.717, 1.165) is 0 Å². The van der Waals surface area contributed by atoms with Crippen LogP contribution in [0.5, 0.6) is 0 Å². The maximum atomic E-state index is 12.2. The molecule has 0 spiro atoms. The predicted octanol–water partition coefficient (Wildman–Crippen LogP) is 2.87. The molecule has 0 saturated heterocycles. The van der Waals surface area contributed by atoms with Crippen LogP contribution in [0.3, 0.4) is 0 Å². The van der Waals surface area contributed by atoms with E-state index in [0.29, 0.717) is 5.69 Å². The topological polar surface area (TPSA) is 88.0 Å². The minimum Gasteiger partial charge on any atom is -0.322 e. The molecule has 2 aromatic rings. The first-order valence-corrected chi connectivity index (χ1v) is 5.91. The van der Waals surface area contributed by atoms with Crippen molar-refractivity contribution in [1.82, 2.24) is 0 Å². The van der Waals surface area contributed by atoms with Crippen LogP contribution in [0.15, 0.2) is 58.5 Å². The summed E-state index contributed by atoms with van der Waals surface area (Å²) in [6, 6.07) is 13.2. The van der Waals surface area contributed by atoms with Crippen LogP contribution in [0.4, 0.5) is 17.1 Å². The summed E-state index contributed by atoms with van der Waals surface area (Å²) in [4.78, 5) is 40.0. The van der Waals surface area contributed by atoms with Crippen LogP contribution in [-0.2, 0) is 9.59 Å². The number of hydrogen-bond acceptors (Lipinski definition) is 5. The van der Waals surface area contributed by atoms with Gasteiger partial charge < -0.3 is 5.32 Å². The Morgan fingerprint density at radius 1 is 0.905 bits per heavy atom. The van der Waals surface area contributed by atoms with Crippen molar-refractivity contribution in [2.75, 3.05) is 5.32 Å². The second-order valence-corrected chi connectivity index (χ2v) is 3.90. The monoisotopic (exact) mass is 279 g/mol. The van der Waals surface area contributed by atoms with Crippen LogP contribution < -0.4 is 5.32 Å². The van der Waals surface area contributed by atoms with E-state index in [-0.39, 0.29) is 16.9 Å². The molecule has 2 aromatic carbocycles. The lowest BCUT2D eigenvalue weighted by Gasteiger charge is -2.07. The van der Waals surface area contributed by atoms with E-state index >= 15 is 0 Å².